The van der Waals surface area contributed by atoms with E-state index in [2.05, 4.69) is 15.4 Å². The topological polar surface area (TPSA) is 119 Å². The molecule has 1 saturated heterocycles. The van der Waals surface area contributed by atoms with Crippen LogP contribution < -0.4 is 10.1 Å². The highest BCUT2D eigenvalue weighted by Crippen LogP contribution is 2.24. The number of carboxylic acid groups (broad SMARTS) is 1. The zero-order chi connectivity index (χ0) is 21.8. The molecule has 3 aromatic rings. The van der Waals surface area contributed by atoms with Crippen LogP contribution in [0, 0.1) is 0 Å². The molecule has 1 aromatic carbocycles. The number of amides is 2. The molecular formula is C21H21N5O5. The summed E-state index contributed by atoms with van der Waals surface area (Å²) in [6, 6.07) is 12.4. The molecule has 0 bridgehead atoms. The van der Waals surface area contributed by atoms with E-state index in [0.29, 0.717) is 36.1 Å². The van der Waals surface area contributed by atoms with Crippen molar-refractivity contribution in [2.75, 3.05) is 32.1 Å². The predicted molar refractivity (Wildman–Crippen MR) is 111 cm³/mol. The molecular weight excluding hydrogens is 402 g/mol. The van der Waals surface area contributed by atoms with Gasteiger partial charge in [0.2, 0.25) is 5.88 Å². The first-order chi connectivity index (χ1) is 15.0. The van der Waals surface area contributed by atoms with Gasteiger partial charge in [0.05, 0.1) is 32.0 Å². The molecule has 3 heterocycles. The lowest BCUT2D eigenvalue weighted by Gasteiger charge is -2.31. The number of morpholine rings is 1. The third-order valence-electron chi connectivity index (χ3n) is 4.87. The Labute approximate surface area is 178 Å². The second-order valence-corrected chi connectivity index (χ2v) is 6.88. The first kappa shape index (κ1) is 20.4. The molecule has 1 atom stereocenters. The fraction of sp³-hybridized carbons (Fsp3) is 0.238. The van der Waals surface area contributed by atoms with Crippen molar-refractivity contribution in [3.8, 4) is 11.7 Å². The van der Waals surface area contributed by atoms with Crippen LogP contribution in [-0.4, -0.2) is 63.6 Å². The Hall–Kier alpha value is -3.92. The van der Waals surface area contributed by atoms with E-state index in [9.17, 15) is 9.59 Å². The molecule has 4 rings (SSSR count). The second-order valence-electron chi connectivity index (χ2n) is 6.88. The SMILES string of the molecule is COc1cccc(-n2cc(C(=O)Nc3ccc(C4CN(C(=O)O)CCO4)cc3)cn2)n1. The van der Waals surface area contributed by atoms with Crippen LogP contribution in [0.2, 0.25) is 0 Å². The van der Waals surface area contributed by atoms with Gasteiger partial charge in [-0.05, 0) is 23.8 Å². The monoisotopic (exact) mass is 423 g/mol. The van der Waals surface area contributed by atoms with Crippen molar-refractivity contribution in [1.29, 1.82) is 0 Å². The van der Waals surface area contributed by atoms with Gasteiger partial charge in [0.1, 0.15) is 6.10 Å². The summed E-state index contributed by atoms with van der Waals surface area (Å²) in [6.45, 7) is 0.985. The molecule has 2 aromatic heterocycles. The molecule has 0 aliphatic carbocycles. The molecule has 0 radical (unpaired) electrons. The van der Waals surface area contributed by atoms with Crippen molar-refractivity contribution in [3.63, 3.8) is 0 Å². The van der Waals surface area contributed by atoms with Gasteiger partial charge < -0.3 is 24.8 Å². The summed E-state index contributed by atoms with van der Waals surface area (Å²) in [4.78, 5) is 29.4. The Bertz CT molecular complexity index is 1080. The number of carbonyl (C=O) groups excluding carboxylic acids is 1. The molecule has 10 heteroatoms. The summed E-state index contributed by atoms with van der Waals surface area (Å²) in [6.07, 6.45) is 1.76. The van der Waals surface area contributed by atoms with Crippen molar-refractivity contribution in [2.24, 2.45) is 0 Å². The standard InChI is InChI=1S/C21H21N5O5/c1-30-19-4-2-3-18(24-19)26-12-15(11-22-26)20(27)23-16-7-5-14(6-8-16)17-13-25(21(28)29)9-10-31-17/h2-8,11-12,17H,9-10,13H2,1H3,(H,23,27)(H,28,29). The number of methoxy groups -OCH3 is 1. The number of pyridine rings is 1. The van der Waals surface area contributed by atoms with Crippen LogP contribution in [0.5, 0.6) is 5.88 Å². The quantitative estimate of drug-likeness (QED) is 0.647. The fourth-order valence-electron chi connectivity index (χ4n) is 3.22. The van der Waals surface area contributed by atoms with Gasteiger partial charge in [-0.2, -0.15) is 10.1 Å². The Kier molecular flexibility index (Phi) is 5.80. The maximum atomic E-state index is 12.6. The lowest BCUT2D eigenvalue weighted by molar-refractivity contribution is -0.0231. The van der Waals surface area contributed by atoms with Gasteiger partial charge in [-0.1, -0.05) is 18.2 Å². The molecule has 31 heavy (non-hydrogen) atoms. The van der Waals surface area contributed by atoms with E-state index in [1.54, 1.807) is 36.5 Å². The number of rotatable bonds is 5. The Morgan fingerprint density at radius 3 is 2.77 bits per heavy atom. The van der Waals surface area contributed by atoms with Crippen LogP contribution in [0.3, 0.4) is 0 Å². The first-order valence-corrected chi connectivity index (χ1v) is 9.60. The lowest BCUT2D eigenvalue weighted by Crippen LogP contribution is -2.41. The van der Waals surface area contributed by atoms with Gasteiger partial charge >= 0.3 is 6.09 Å². The number of anilines is 1. The van der Waals surface area contributed by atoms with Gasteiger partial charge in [0.15, 0.2) is 5.82 Å². The van der Waals surface area contributed by atoms with Crippen LogP contribution in [0.4, 0.5) is 10.5 Å². The van der Waals surface area contributed by atoms with Crippen LogP contribution >= 0.6 is 0 Å². The van der Waals surface area contributed by atoms with Crippen molar-refractivity contribution >= 4 is 17.7 Å². The zero-order valence-corrected chi connectivity index (χ0v) is 16.8. The number of carbonyl (C=O) groups is 2. The number of aromatic nitrogens is 3. The van der Waals surface area contributed by atoms with Gasteiger partial charge in [0.25, 0.3) is 5.91 Å². The van der Waals surface area contributed by atoms with Crippen molar-refractivity contribution in [2.45, 2.75) is 6.10 Å². The Morgan fingerprint density at radius 2 is 2.03 bits per heavy atom. The predicted octanol–water partition coefficient (Wildman–Crippen LogP) is 2.58. The minimum absolute atomic E-state index is 0.276. The lowest BCUT2D eigenvalue weighted by atomic mass is 10.1. The molecule has 0 saturated carbocycles. The molecule has 1 aliphatic heterocycles. The van der Waals surface area contributed by atoms with Crippen LogP contribution in [-0.2, 0) is 4.74 Å². The van der Waals surface area contributed by atoms with Gasteiger partial charge in [-0.25, -0.2) is 9.48 Å². The molecule has 0 spiro atoms. The number of benzene rings is 1. The molecule has 1 fully saturated rings. The van der Waals surface area contributed by atoms with E-state index in [4.69, 9.17) is 14.6 Å². The molecule has 2 amide bonds. The van der Waals surface area contributed by atoms with Crippen molar-refractivity contribution < 1.29 is 24.2 Å². The number of nitrogens with one attached hydrogen (secondary N) is 1. The minimum Gasteiger partial charge on any atom is -0.481 e. The number of nitrogens with zero attached hydrogens (tertiary/aromatic N) is 4. The Morgan fingerprint density at radius 1 is 1.23 bits per heavy atom. The summed E-state index contributed by atoms with van der Waals surface area (Å²) in [5, 5.41) is 16.2. The van der Waals surface area contributed by atoms with E-state index in [1.165, 1.54) is 22.9 Å². The van der Waals surface area contributed by atoms with Crippen LogP contribution in [0.25, 0.3) is 5.82 Å². The highest BCUT2D eigenvalue weighted by molar-refractivity contribution is 6.04. The van der Waals surface area contributed by atoms with Gasteiger partial charge in [-0.3, -0.25) is 4.79 Å². The average Bonchev–Trinajstić information content (AvgIpc) is 3.30. The summed E-state index contributed by atoms with van der Waals surface area (Å²) in [5.74, 6) is 0.672. The molecule has 1 unspecified atom stereocenters. The number of hydrogen-bond acceptors (Lipinski definition) is 6. The zero-order valence-electron chi connectivity index (χ0n) is 16.8. The summed E-state index contributed by atoms with van der Waals surface area (Å²) < 4.78 is 12.3. The average molecular weight is 423 g/mol. The largest absolute Gasteiger partial charge is 0.481 e. The third kappa shape index (κ3) is 4.64. The van der Waals surface area contributed by atoms with E-state index < -0.39 is 6.09 Å². The highest BCUT2D eigenvalue weighted by Gasteiger charge is 2.25. The third-order valence-corrected chi connectivity index (χ3v) is 4.87. The normalized spacial score (nSPS) is 16.0. The van der Waals surface area contributed by atoms with Crippen molar-refractivity contribution in [1.82, 2.24) is 19.7 Å². The minimum atomic E-state index is -0.957. The van der Waals surface area contributed by atoms with Gasteiger partial charge in [-0.15, -0.1) is 0 Å². The maximum absolute atomic E-state index is 12.6. The molecule has 160 valence electrons. The second kappa shape index (κ2) is 8.84. The molecule has 1 aliphatic rings. The van der Waals surface area contributed by atoms with Crippen molar-refractivity contribution in [3.05, 3.63) is 66.0 Å². The molecule has 2 N–H and O–H groups in total. The Balaban J connectivity index is 1.41. The maximum Gasteiger partial charge on any atom is 0.407 e. The summed E-state index contributed by atoms with van der Waals surface area (Å²) >= 11 is 0. The highest BCUT2D eigenvalue weighted by atomic mass is 16.5. The smallest absolute Gasteiger partial charge is 0.407 e. The van der Waals surface area contributed by atoms with Crippen LogP contribution in [0.15, 0.2) is 54.9 Å². The van der Waals surface area contributed by atoms with Crippen LogP contribution in [0.1, 0.15) is 22.0 Å². The van der Waals surface area contributed by atoms with E-state index in [1.807, 2.05) is 12.1 Å². The molecule has 10 nitrogen and oxygen atoms in total. The number of ether oxygens (including phenoxy) is 2. The van der Waals surface area contributed by atoms with E-state index in [0.717, 1.165) is 5.56 Å². The van der Waals surface area contributed by atoms with Gasteiger partial charge in [0, 0.05) is 24.5 Å². The first-order valence-electron chi connectivity index (χ1n) is 9.60. The number of hydrogen-bond donors (Lipinski definition) is 2. The fourth-order valence-corrected chi connectivity index (χ4v) is 3.22. The van der Waals surface area contributed by atoms with E-state index in [-0.39, 0.29) is 18.6 Å². The summed E-state index contributed by atoms with van der Waals surface area (Å²) in [7, 11) is 1.53. The summed E-state index contributed by atoms with van der Waals surface area (Å²) in [5.41, 5.74) is 1.83. The van der Waals surface area contributed by atoms with E-state index >= 15 is 0 Å².